The standard InChI is InChI=1S/C17H11ClN4O3/c18-14-5-1-13(2-6-14)17(23)9-16(21-11-19-10-20-21)12-3-7-15(8-4-12)22(24)25/h1-11H/b16-9-. The van der Waals surface area contributed by atoms with E-state index in [0.717, 1.165) is 0 Å². The van der Waals surface area contributed by atoms with Crippen molar-refractivity contribution in [1.82, 2.24) is 14.8 Å². The first kappa shape index (κ1) is 16.5. The number of nitro benzene ring substituents is 1. The summed E-state index contributed by atoms with van der Waals surface area (Å²) in [6, 6.07) is 12.3. The minimum Gasteiger partial charge on any atom is -0.289 e. The first-order chi connectivity index (χ1) is 12.0. The number of nitro groups is 1. The molecule has 0 amide bonds. The van der Waals surface area contributed by atoms with E-state index < -0.39 is 4.92 Å². The maximum Gasteiger partial charge on any atom is 0.269 e. The van der Waals surface area contributed by atoms with Gasteiger partial charge in [0.1, 0.15) is 12.7 Å². The number of hydrogen-bond donors (Lipinski definition) is 0. The Morgan fingerprint density at radius 1 is 1.08 bits per heavy atom. The Kier molecular flexibility index (Phi) is 4.67. The van der Waals surface area contributed by atoms with Crippen LogP contribution in [-0.4, -0.2) is 25.5 Å². The molecule has 25 heavy (non-hydrogen) atoms. The lowest BCUT2D eigenvalue weighted by Gasteiger charge is -2.07. The number of allylic oxidation sites excluding steroid dienone is 1. The molecule has 0 saturated carbocycles. The van der Waals surface area contributed by atoms with Gasteiger partial charge in [0.2, 0.25) is 0 Å². The number of benzene rings is 2. The molecule has 0 fully saturated rings. The molecule has 8 heteroatoms. The Hall–Kier alpha value is -3.32. The van der Waals surface area contributed by atoms with Gasteiger partial charge >= 0.3 is 0 Å². The van der Waals surface area contributed by atoms with E-state index in [0.29, 0.717) is 21.8 Å². The number of aromatic nitrogens is 3. The predicted octanol–water partition coefficient (Wildman–Crippen LogP) is 3.61. The largest absolute Gasteiger partial charge is 0.289 e. The van der Waals surface area contributed by atoms with Crippen molar-refractivity contribution in [1.29, 1.82) is 0 Å². The molecule has 0 atom stereocenters. The van der Waals surface area contributed by atoms with Crippen molar-refractivity contribution in [2.75, 3.05) is 0 Å². The molecule has 0 spiro atoms. The molecule has 124 valence electrons. The normalized spacial score (nSPS) is 11.3. The van der Waals surface area contributed by atoms with Crippen LogP contribution in [0.5, 0.6) is 0 Å². The Morgan fingerprint density at radius 3 is 2.28 bits per heavy atom. The summed E-state index contributed by atoms with van der Waals surface area (Å²) in [5.41, 5.74) is 1.47. The first-order valence-electron chi connectivity index (χ1n) is 7.16. The average molecular weight is 355 g/mol. The monoisotopic (exact) mass is 354 g/mol. The molecule has 0 saturated heterocycles. The first-order valence-corrected chi connectivity index (χ1v) is 7.54. The summed E-state index contributed by atoms with van der Waals surface area (Å²) < 4.78 is 1.43. The molecular formula is C17H11ClN4O3. The Morgan fingerprint density at radius 2 is 1.72 bits per heavy atom. The van der Waals surface area contributed by atoms with Crippen molar-refractivity contribution in [3.05, 3.63) is 93.5 Å². The van der Waals surface area contributed by atoms with E-state index in [1.807, 2.05) is 0 Å². The number of rotatable bonds is 5. The van der Waals surface area contributed by atoms with Crippen LogP contribution in [0.15, 0.2) is 67.3 Å². The lowest BCUT2D eigenvalue weighted by molar-refractivity contribution is -0.384. The molecule has 2 aromatic carbocycles. The minimum absolute atomic E-state index is 0.0364. The molecule has 0 bridgehead atoms. The molecule has 1 aromatic heterocycles. The van der Waals surface area contributed by atoms with Gasteiger partial charge < -0.3 is 0 Å². The summed E-state index contributed by atoms with van der Waals surface area (Å²) >= 11 is 5.84. The highest BCUT2D eigenvalue weighted by Crippen LogP contribution is 2.21. The van der Waals surface area contributed by atoms with Crippen molar-refractivity contribution in [2.24, 2.45) is 0 Å². The molecule has 1 heterocycles. The lowest BCUT2D eigenvalue weighted by Crippen LogP contribution is -2.04. The fourth-order valence-corrected chi connectivity index (χ4v) is 2.32. The Balaban J connectivity index is 2.02. The summed E-state index contributed by atoms with van der Waals surface area (Å²) in [5.74, 6) is -0.250. The smallest absolute Gasteiger partial charge is 0.269 e. The number of halogens is 1. The van der Waals surface area contributed by atoms with Crippen LogP contribution in [0.3, 0.4) is 0 Å². The number of ketones is 1. The predicted molar refractivity (Wildman–Crippen MR) is 92.3 cm³/mol. The Bertz CT molecular complexity index is 933. The number of non-ortho nitro benzene ring substituents is 1. The van der Waals surface area contributed by atoms with Crippen LogP contribution in [0.2, 0.25) is 5.02 Å². The van der Waals surface area contributed by atoms with Gasteiger partial charge in [0, 0.05) is 34.4 Å². The molecule has 0 radical (unpaired) electrons. The van der Waals surface area contributed by atoms with Gasteiger partial charge in [0.15, 0.2) is 5.78 Å². The van der Waals surface area contributed by atoms with Crippen molar-refractivity contribution in [2.45, 2.75) is 0 Å². The average Bonchev–Trinajstić information content (AvgIpc) is 3.14. The fourth-order valence-electron chi connectivity index (χ4n) is 2.19. The molecule has 7 nitrogen and oxygen atoms in total. The van der Waals surface area contributed by atoms with Crippen molar-refractivity contribution < 1.29 is 9.72 Å². The molecule has 3 aromatic rings. The maximum atomic E-state index is 12.5. The summed E-state index contributed by atoms with van der Waals surface area (Å²) in [6.45, 7) is 0. The number of hydrogen-bond acceptors (Lipinski definition) is 5. The molecular weight excluding hydrogens is 344 g/mol. The van der Waals surface area contributed by atoms with E-state index in [1.54, 1.807) is 36.4 Å². The van der Waals surface area contributed by atoms with Crippen LogP contribution in [0, 0.1) is 10.1 Å². The highest BCUT2D eigenvalue weighted by Gasteiger charge is 2.12. The van der Waals surface area contributed by atoms with E-state index in [2.05, 4.69) is 10.1 Å². The molecule has 0 N–H and O–H groups in total. The molecule has 0 unspecified atom stereocenters. The van der Waals surface area contributed by atoms with Gasteiger partial charge in [0.25, 0.3) is 5.69 Å². The second-order valence-corrected chi connectivity index (χ2v) is 5.48. The van der Waals surface area contributed by atoms with Gasteiger partial charge in [-0.25, -0.2) is 9.67 Å². The second kappa shape index (κ2) is 7.06. The van der Waals surface area contributed by atoms with Crippen LogP contribution in [0.1, 0.15) is 15.9 Å². The van der Waals surface area contributed by atoms with Gasteiger partial charge in [-0.05, 0) is 36.4 Å². The summed E-state index contributed by atoms with van der Waals surface area (Å²) in [4.78, 5) is 26.7. The third kappa shape index (κ3) is 3.78. The SMILES string of the molecule is O=C(/C=C(/c1ccc([N+](=O)[O-])cc1)n1cncn1)c1ccc(Cl)cc1. The number of carbonyl (C=O) groups is 1. The quantitative estimate of drug-likeness (QED) is 0.302. The molecule has 0 aliphatic heterocycles. The summed E-state index contributed by atoms with van der Waals surface area (Å²) in [7, 11) is 0. The third-order valence-corrected chi connectivity index (χ3v) is 3.69. The van der Waals surface area contributed by atoms with Crippen molar-refractivity contribution in [3.8, 4) is 0 Å². The summed E-state index contributed by atoms with van der Waals surface area (Å²) in [5, 5.41) is 15.4. The van der Waals surface area contributed by atoms with Crippen LogP contribution in [0.25, 0.3) is 5.70 Å². The van der Waals surface area contributed by atoms with Crippen LogP contribution in [0.4, 0.5) is 5.69 Å². The highest BCUT2D eigenvalue weighted by atomic mass is 35.5. The van der Waals surface area contributed by atoms with Gasteiger partial charge in [0.05, 0.1) is 10.6 Å². The van der Waals surface area contributed by atoms with Gasteiger partial charge in [-0.2, -0.15) is 5.10 Å². The zero-order chi connectivity index (χ0) is 17.8. The minimum atomic E-state index is -0.485. The van der Waals surface area contributed by atoms with E-state index in [1.165, 1.54) is 35.5 Å². The fraction of sp³-hybridized carbons (Fsp3) is 0. The number of nitrogens with zero attached hydrogens (tertiary/aromatic N) is 4. The van der Waals surface area contributed by atoms with E-state index in [9.17, 15) is 14.9 Å². The van der Waals surface area contributed by atoms with Gasteiger partial charge in [-0.3, -0.25) is 14.9 Å². The van der Waals surface area contributed by atoms with Crippen molar-refractivity contribution in [3.63, 3.8) is 0 Å². The van der Waals surface area contributed by atoms with Gasteiger partial charge in [-0.1, -0.05) is 11.6 Å². The summed E-state index contributed by atoms with van der Waals surface area (Å²) in [6.07, 6.45) is 4.19. The zero-order valence-electron chi connectivity index (χ0n) is 12.7. The third-order valence-electron chi connectivity index (χ3n) is 3.44. The molecule has 0 aliphatic rings. The topological polar surface area (TPSA) is 90.9 Å². The number of carbonyl (C=O) groups excluding carboxylic acids is 1. The van der Waals surface area contributed by atoms with E-state index in [4.69, 9.17) is 11.6 Å². The second-order valence-electron chi connectivity index (χ2n) is 5.04. The van der Waals surface area contributed by atoms with E-state index in [-0.39, 0.29) is 11.5 Å². The van der Waals surface area contributed by atoms with E-state index >= 15 is 0 Å². The zero-order valence-corrected chi connectivity index (χ0v) is 13.5. The van der Waals surface area contributed by atoms with Gasteiger partial charge in [-0.15, -0.1) is 0 Å². The van der Waals surface area contributed by atoms with Crippen LogP contribution in [-0.2, 0) is 0 Å². The van der Waals surface area contributed by atoms with Crippen LogP contribution >= 0.6 is 11.6 Å². The molecule has 0 aliphatic carbocycles. The lowest BCUT2D eigenvalue weighted by atomic mass is 10.1. The highest BCUT2D eigenvalue weighted by molar-refractivity contribution is 6.30. The van der Waals surface area contributed by atoms with Crippen LogP contribution < -0.4 is 0 Å². The Labute approximate surface area is 147 Å². The molecule has 3 rings (SSSR count). The van der Waals surface area contributed by atoms with Crippen molar-refractivity contribution >= 4 is 28.8 Å². The maximum absolute atomic E-state index is 12.5.